The molecule has 2 heterocycles. The Hall–Kier alpha value is -4.02. The number of nitrogens with one attached hydrogen (secondary N) is 2. The standard InChI is InChI=1S/C28H30F2N6O2/c1-3-19-5-4-6-20(11-19)16-32-17-26(37)25(14-21-12-22(29)15-23(30)13-21)33-28(38)27-18(2)36(35-34-27)24-7-9-31-10-8-24/h4-13,15,25-26,32,37H,3,14,16-17H2,1-2H3,(H,33,38)/t25-,26+/m0/s1. The average Bonchev–Trinajstić information content (AvgIpc) is 3.29. The van der Waals surface area contributed by atoms with Crippen LogP contribution in [0.1, 0.15) is 39.8 Å². The Morgan fingerprint density at radius 3 is 2.45 bits per heavy atom. The van der Waals surface area contributed by atoms with Gasteiger partial charge in [-0.05, 0) is 60.7 Å². The first kappa shape index (κ1) is 27.0. The predicted octanol–water partition coefficient (Wildman–Crippen LogP) is 3.30. The van der Waals surface area contributed by atoms with Crippen LogP contribution in [-0.4, -0.2) is 49.7 Å². The van der Waals surface area contributed by atoms with Gasteiger partial charge in [-0.3, -0.25) is 9.78 Å². The molecule has 38 heavy (non-hydrogen) atoms. The molecule has 2 aromatic carbocycles. The van der Waals surface area contributed by atoms with Gasteiger partial charge in [-0.25, -0.2) is 13.5 Å². The maximum Gasteiger partial charge on any atom is 0.274 e. The van der Waals surface area contributed by atoms with Gasteiger partial charge in [0.15, 0.2) is 5.69 Å². The van der Waals surface area contributed by atoms with Crippen LogP contribution >= 0.6 is 0 Å². The summed E-state index contributed by atoms with van der Waals surface area (Å²) in [6.07, 6.45) is 3.07. The molecule has 198 valence electrons. The van der Waals surface area contributed by atoms with E-state index in [0.717, 1.165) is 18.1 Å². The van der Waals surface area contributed by atoms with Crippen molar-refractivity contribution in [2.75, 3.05) is 6.54 Å². The van der Waals surface area contributed by atoms with E-state index in [1.807, 2.05) is 12.1 Å². The Labute approximate surface area is 219 Å². The quantitative estimate of drug-likeness (QED) is 0.280. The monoisotopic (exact) mass is 520 g/mol. The third-order valence-corrected chi connectivity index (χ3v) is 6.26. The lowest BCUT2D eigenvalue weighted by molar-refractivity contribution is 0.0824. The molecule has 0 saturated carbocycles. The minimum absolute atomic E-state index is 0.00608. The van der Waals surface area contributed by atoms with E-state index in [1.165, 1.54) is 22.4 Å². The number of hydrogen-bond acceptors (Lipinski definition) is 6. The highest BCUT2D eigenvalue weighted by Crippen LogP contribution is 2.15. The van der Waals surface area contributed by atoms with Crippen LogP contribution in [-0.2, 0) is 19.4 Å². The fraction of sp³-hybridized carbons (Fsp3) is 0.286. The molecule has 1 amide bonds. The lowest BCUT2D eigenvalue weighted by Crippen LogP contribution is -2.49. The minimum Gasteiger partial charge on any atom is -0.390 e. The number of benzene rings is 2. The van der Waals surface area contributed by atoms with Crippen molar-refractivity contribution in [2.24, 2.45) is 0 Å². The van der Waals surface area contributed by atoms with Crippen LogP contribution in [0.5, 0.6) is 0 Å². The predicted molar refractivity (Wildman–Crippen MR) is 139 cm³/mol. The lowest BCUT2D eigenvalue weighted by atomic mass is 10.00. The summed E-state index contributed by atoms with van der Waals surface area (Å²) in [6.45, 7) is 4.44. The SMILES string of the molecule is CCc1cccc(CNC[C@@H](O)[C@H](Cc2cc(F)cc(F)c2)NC(=O)c2nnn(-c3ccncc3)c2C)c1. The van der Waals surface area contributed by atoms with Gasteiger partial charge in [-0.1, -0.05) is 36.4 Å². The maximum absolute atomic E-state index is 13.8. The Morgan fingerprint density at radius 2 is 1.74 bits per heavy atom. The summed E-state index contributed by atoms with van der Waals surface area (Å²) in [5.74, 6) is -2.02. The number of hydrogen-bond donors (Lipinski definition) is 3. The fourth-order valence-electron chi connectivity index (χ4n) is 4.24. The molecule has 0 spiro atoms. The molecule has 4 aromatic rings. The van der Waals surface area contributed by atoms with E-state index in [9.17, 15) is 18.7 Å². The molecule has 2 atom stereocenters. The van der Waals surface area contributed by atoms with Gasteiger partial charge < -0.3 is 15.7 Å². The van der Waals surface area contributed by atoms with Crippen LogP contribution in [0.4, 0.5) is 8.78 Å². The summed E-state index contributed by atoms with van der Waals surface area (Å²) in [5.41, 5.74) is 3.83. The summed E-state index contributed by atoms with van der Waals surface area (Å²) >= 11 is 0. The number of aromatic nitrogens is 4. The summed E-state index contributed by atoms with van der Waals surface area (Å²) in [6, 6.07) is 13.9. The van der Waals surface area contributed by atoms with Crippen molar-refractivity contribution < 1.29 is 18.7 Å². The Bertz CT molecular complexity index is 1360. The maximum atomic E-state index is 13.8. The van der Waals surface area contributed by atoms with E-state index in [4.69, 9.17) is 0 Å². The highest BCUT2D eigenvalue weighted by molar-refractivity contribution is 5.93. The number of aliphatic hydroxyl groups is 1. The van der Waals surface area contributed by atoms with E-state index in [-0.39, 0.29) is 18.7 Å². The first-order chi connectivity index (χ1) is 18.3. The summed E-state index contributed by atoms with van der Waals surface area (Å²) in [7, 11) is 0. The highest BCUT2D eigenvalue weighted by atomic mass is 19.1. The van der Waals surface area contributed by atoms with E-state index in [1.54, 1.807) is 31.5 Å². The van der Waals surface area contributed by atoms with E-state index >= 15 is 0 Å². The number of carbonyl (C=O) groups excluding carboxylic acids is 1. The van der Waals surface area contributed by atoms with E-state index in [0.29, 0.717) is 23.5 Å². The number of nitrogens with zero attached hydrogens (tertiary/aromatic N) is 4. The molecule has 0 aliphatic heterocycles. The first-order valence-corrected chi connectivity index (χ1v) is 12.4. The van der Waals surface area contributed by atoms with Crippen LogP contribution < -0.4 is 10.6 Å². The van der Waals surface area contributed by atoms with E-state index < -0.39 is 29.7 Å². The van der Waals surface area contributed by atoms with Crippen molar-refractivity contribution in [3.05, 3.63) is 107 Å². The molecule has 10 heteroatoms. The summed E-state index contributed by atoms with van der Waals surface area (Å²) in [4.78, 5) is 17.2. The van der Waals surface area contributed by atoms with Crippen molar-refractivity contribution in [1.29, 1.82) is 0 Å². The number of amides is 1. The molecule has 0 aliphatic carbocycles. The summed E-state index contributed by atoms with van der Waals surface area (Å²) < 4.78 is 29.2. The molecule has 0 saturated heterocycles. The molecule has 8 nitrogen and oxygen atoms in total. The number of aliphatic hydroxyl groups excluding tert-OH is 1. The van der Waals surface area contributed by atoms with Crippen LogP contribution in [0.3, 0.4) is 0 Å². The largest absolute Gasteiger partial charge is 0.390 e. The van der Waals surface area contributed by atoms with Crippen molar-refractivity contribution in [3.63, 3.8) is 0 Å². The number of aryl methyl sites for hydroxylation is 1. The molecular formula is C28H30F2N6O2. The van der Waals surface area contributed by atoms with Gasteiger partial charge in [0.05, 0.1) is 23.5 Å². The Balaban J connectivity index is 1.49. The number of carbonyl (C=O) groups is 1. The van der Waals surface area contributed by atoms with Gasteiger partial charge in [-0.15, -0.1) is 5.10 Å². The topological polar surface area (TPSA) is 105 Å². The molecule has 3 N–H and O–H groups in total. The molecular weight excluding hydrogens is 490 g/mol. The van der Waals surface area contributed by atoms with Gasteiger partial charge in [0, 0.05) is 31.5 Å². The van der Waals surface area contributed by atoms with Crippen molar-refractivity contribution in [3.8, 4) is 5.69 Å². The molecule has 2 aromatic heterocycles. The number of halogens is 2. The zero-order chi connectivity index (χ0) is 27.1. The van der Waals surface area contributed by atoms with Crippen LogP contribution in [0.15, 0.2) is 67.0 Å². The second kappa shape index (κ2) is 12.5. The molecule has 0 unspecified atom stereocenters. The normalized spacial score (nSPS) is 12.8. The second-order valence-electron chi connectivity index (χ2n) is 9.07. The van der Waals surface area contributed by atoms with Gasteiger partial charge in [0.2, 0.25) is 0 Å². The average molecular weight is 521 g/mol. The molecule has 4 rings (SSSR count). The number of pyridine rings is 1. The molecule has 0 aliphatic rings. The second-order valence-corrected chi connectivity index (χ2v) is 9.07. The van der Waals surface area contributed by atoms with Crippen LogP contribution in [0.25, 0.3) is 5.69 Å². The first-order valence-electron chi connectivity index (χ1n) is 12.4. The van der Waals surface area contributed by atoms with E-state index in [2.05, 4.69) is 45.0 Å². The smallest absolute Gasteiger partial charge is 0.274 e. The van der Waals surface area contributed by atoms with Crippen LogP contribution in [0, 0.1) is 18.6 Å². The highest BCUT2D eigenvalue weighted by Gasteiger charge is 2.26. The van der Waals surface area contributed by atoms with Crippen LogP contribution in [0.2, 0.25) is 0 Å². The van der Waals surface area contributed by atoms with Gasteiger partial charge in [0.1, 0.15) is 11.6 Å². The zero-order valence-electron chi connectivity index (χ0n) is 21.2. The van der Waals surface area contributed by atoms with Crippen molar-refractivity contribution in [2.45, 2.75) is 45.4 Å². The number of rotatable bonds is 11. The lowest BCUT2D eigenvalue weighted by Gasteiger charge is -2.25. The minimum atomic E-state index is -1.06. The molecule has 0 radical (unpaired) electrons. The van der Waals surface area contributed by atoms with Crippen molar-refractivity contribution >= 4 is 5.91 Å². The fourth-order valence-corrected chi connectivity index (χ4v) is 4.24. The van der Waals surface area contributed by atoms with Gasteiger partial charge in [-0.2, -0.15) is 0 Å². The molecule has 0 bridgehead atoms. The Kier molecular flexibility index (Phi) is 8.88. The van der Waals surface area contributed by atoms with Gasteiger partial charge in [0.25, 0.3) is 5.91 Å². The third-order valence-electron chi connectivity index (χ3n) is 6.26. The van der Waals surface area contributed by atoms with Gasteiger partial charge >= 0.3 is 0 Å². The zero-order valence-corrected chi connectivity index (χ0v) is 21.2. The summed E-state index contributed by atoms with van der Waals surface area (Å²) in [5, 5.41) is 25.1. The van der Waals surface area contributed by atoms with Crippen molar-refractivity contribution in [1.82, 2.24) is 30.6 Å². The Morgan fingerprint density at radius 1 is 1.03 bits per heavy atom. The molecule has 0 fully saturated rings. The third kappa shape index (κ3) is 6.84.